The Morgan fingerprint density at radius 2 is 2.03 bits per heavy atom. The molecule has 3 atom stereocenters. The van der Waals surface area contributed by atoms with Crippen molar-refractivity contribution in [1.82, 2.24) is 25.2 Å². The molecule has 3 aromatic rings. The second-order valence-electron chi connectivity index (χ2n) is 9.63. The average molecular weight is 456 g/mol. The number of aromatic nitrogens is 3. The van der Waals surface area contributed by atoms with Crippen LogP contribution in [-0.2, 0) is 4.79 Å². The molecule has 0 radical (unpaired) electrons. The SMILES string of the molecule is C[C@@H](NC(=O)c1c[nH]c2ncc(-c3cccc(N4CC5CC5C4)c3)nc12)C(=O)N1CC(C#N)C1. The number of anilines is 1. The molecule has 0 spiro atoms. The number of amides is 2. The monoisotopic (exact) mass is 455 g/mol. The quantitative estimate of drug-likeness (QED) is 0.609. The zero-order valence-electron chi connectivity index (χ0n) is 18.9. The van der Waals surface area contributed by atoms with Gasteiger partial charge in [0.2, 0.25) is 5.91 Å². The minimum Gasteiger partial charge on any atom is -0.371 e. The normalized spacial score (nSPS) is 22.1. The van der Waals surface area contributed by atoms with Crippen LogP contribution in [0.2, 0.25) is 0 Å². The molecule has 2 aliphatic heterocycles. The number of H-pyrrole nitrogens is 1. The van der Waals surface area contributed by atoms with E-state index in [-0.39, 0.29) is 17.7 Å². The largest absolute Gasteiger partial charge is 0.371 e. The number of hydrogen-bond donors (Lipinski definition) is 2. The lowest BCUT2D eigenvalue weighted by Gasteiger charge is -2.37. The Labute approximate surface area is 196 Å². The van der Waals surface area contributed by atoms with Crippen LogP contribution in [0, 0.1) is 29.1 Å². The maximum Gasteiger partial charge on any atom is 0.255 e. The smallest absolute Gasteiger partial charge is 0.255 e. The third-order valence-corrected chi connectivity index (χ3v) is 7.21. The summed E-state index contributed by atoms with van der Waals surface area (Å²) in [6, 6.07) is 9.75. The van der Waals surface area contributed by atoms with Crippen LogP contribution in [0.4, 0.5) is 5.69 Å². The van der Waals surface area contributed by atoms with E-state index in [0.29, 0.717) is 35.5 Å². The van der Waals surface area contributed by atoms with Gasteiger partial charge in [0, 0.05) is 43.6 Å². The van der Waals surface area contributed by atoms with Gasteiger partial charge in [-0.15, -0.1) is 0 Å². The summed E-state index contributed by atoms with van der Waals surface area (Å²) in [5.74, 6) is 1.00. The van der Waals surface area contributed by atoms with E-state index in [9.17, 15) is 9.59 Å². The Bertz CT molecular complexity index is 1330. The molecule has 3 fully saturated rings. The van der Waals surface area contributed by atoms with E-state index in [1.165, 1.54) is 12.1 Å². The van der Waals surface area contributed by atoms with Crippen molar-refractivity contribution in [2.45, 2.75) is 19.4 Å². The Morgan fingerprint density at radius 3 is 2.79 bits per heavy atom. The van der Waals surface area contributed by atoms with Crippen molar-refractivity contribution < 1.29 is 9.59 Å². The number of likely N-dealkylation sites (tertiary alicyclic amines) is 1. The number of rotatable bonds is 5. The van der Waals surface area contributed by atoms with Crippen LogP contribution >= 0.6 is 0 Å². The van der Waals surface area contributed by atoms with Gasteiger partial charge in [0.1, 0.15) is 11.6 Å². The van der Waals surface area contributed by atoms with Gasteiger partial charge in [0.15, 0.2) is 5.65 Å². The molecule has 2 aromatic heterocycles. The third-order valence-electron chi connectivity index (χ3n) is 7.21. The lowest BCUT2D eigenvalue weighted by Crippen LogP contribution is -2.55. The zero-order valence-corrected chi connectivity index (χ0v) is 18.9. The number of nitrogens with zero attached hydrogens (tertiary/aromatic N) is 5. The van der Waals surface area contributed by atoms with Crippen LogP contribution in [0.15, 0.2) is 36.7 Å². The Hall–Kier alpha value is -3.93. The molecule has 2 saturated heterocycles. The van der Waals surface area contributed by atoms with Crippen molar-refractivity contribution in [3.8, 4) is 17.3 Å². The minimum absolute atomic E-state index is 0.121. The number of hydrogen-bond acceptors (Lipinski definition) is 6. The second-order valence-corrected chi connectivity index (χ2v) is 9.63. The lowest BCUT2D eigenvalue weighted by atomic mass is 10.0. The predicted molar refractivity (Wildman–Crippen MR) is 126 cm³/mol. The maximum atomic E-state index is 13.0. The summed E-state index contributed by atoms with van der Waals surface area (Å²) in [6.07, 6.45) is 4.64. The number of fused-ring (bicyclic) bond motifs is 2. The van der Waals surface area contributed by atoms with Crippen LogP contribution < -0.4 is 10.2 Å². The van der Waals surface area contributed by atoms with Crippen LogP contribution in [0.25, 0.3) is 22.4 Å². The van der Waals surface area contributed by atoms with Crippen molar-refractivity contribution in [2.75, 3.05) is 31.1 Å². The minimum atomic E-state index is -0.698. The summed E-state index contributed by atoms with van der Waals surface area (Å²) in [7, 11) is 0. The van der Waals surface area contributed by atoms with Crippen molar-refractivity contribution in [2.24, 2.45) is 17.8 Å². The predicted octanol–water partition coefficient (Wildman–Crippen LogP) is 2.18. The standard InChI is InChI=1S/C25H25N7O2/c1-14(25(34)32-10-15(7-26)11-32)29-24(33)20-8-27-23-22(20)30-21(9-28-23)16-3-2-4-19(6-16)31-12-17-5-18(17)13-31/h2-4,6,8-9,14-15,17-18H,5,10-13H2,1H3,(H,27,28)(H,29,33)/t14-,17?,18?/m1/s1. The highest BCUT2D eigenvalue weighted by molar-refractivity contribution is 6.06. The van der Waals surface area contributed by atoms with Crippen LogP contribution in [0.5, 0.6) is 0 Å². The van der Waals surface area contributed by atoms with E-state index in [1.807, 2.05) is 12.1 Å². The van der Waals surface area contributed by atoms with E-state index >= 15 is 0 Å². The molecule has 0 bridgehead atoms. The summed E-state index contributed by atoms with van der Waals surface area (Å²) < 4.78 is 0. The van der Waals surface area contributed by atoms with Crippen molar-refractivity contribution in [3.63, 3.8) is 0 Å². The van der Waals surface area contributed by atoms with Crippen molar-refractivity contribution >= 4 is 28.7 Å². The van der Waals surface area contributed by atoms with Gasteiger partial charge >= 0.3 is 0 Å². The summed E-state index contributed by atoms with van der Waals surface area (Å²) in [5, 5.41) is 11.7. The van der Waals surface area contributed by atoms with Crippen LogP contribution in [0.1, 0.15) is 23.7 Å². The fraction of sp³-hybridized carbons (Fsp3) is 0.400. The first-order valence-corrected chi connectivity index (χ1v) is 11.7. The molecule has 6 rings (SSSR count). The van der Waals surface area contributed by atoms with E-state index < -0.39 is 6.04 Å². The lowest BCUT2D eigenvalue weighted by molar-refractivity contribution is -0.137. The fourth-order valence-corrected chi connectivity index (χ4v) is 5.02. The Kier molecular flexibility index (Phi) is 4.76. The number of aromatic amines is 1. The van der Waals surface area contributed by atoms with Gasteiger partial charge < -0.3 is 20.1 Å². The topological polar surface area (TPSA) is 118 Å². The van der Waals surface area contributed by atoms with Gasteiger partial charge in [0.25, 0.3) is 5.91 Å². The zero-order chi connectivity index (χ0) is 23.4. The number of carbonyl (C=O) groups is 2. The molecular formula is C25H25N7O2. The van der Waals surface area contributed by atoms with Crippen LogP contribution in [0.3, 0.4) is 0 Å². The molecule has 34 heavy (non-hydrogen) atoms. The first kappa shape index (κ1) is 20.7. The van der Waals surface area contributed by atoms with Gasteiger partial charge in [-0.1, -0.05) is 12.1 Å². The highest BCUT2D eigenvalue weighted by atomic mass is 16.2. The Balaban J connectivity index is 1.21. The summed E-state index contributed by atoms with van der Waals surface area (Å²) in [4.78, 5) is 41.7. The van der Waals surface area contributed by atoms with Gasteiger partial charge in [-0.05, 0) is 37.3 Å². The third kappa shape index (κ3) is 3.55. The van der Waals surface area contributed by atoms with Crippen molar-refractivity contribution in [1.29, 1.82) is 5.26 Å². The average Bonchev–Trinajstić information content (AvgIpc) is 3.22. The van der Waals surface area contributed by atoms with Crippen molar-refractivity contribution in [3.05, 3.63) is 42.2 Å². The number of carbonyl (C=O) groups excluding carboxylic acids is 2. The second kappa shape index (κ2) is 7.83. The molecule has 1 aromatic carbocycles. The molecular weight excluding hydrogens is 430 g/mol. The molecule has 1 saturated carbocycles. The molecule has 4 heterocycles. The number of nitriles is 1. The van der Waals surface area contributed by atoms with E-state index in [1.54, 1.807) is 24.2 Å². The molecule has 2 amide bonds. The van der Waals surface area contributed by atoms with Crippen LogP contribution in [-0.4, -0.2) is 63.9 Å². The highest BCUT2D eigenvalue weighted by Crippen LogP contribution is 2.46. The fourth-order valence-electron chi connectivity index (χ4n) is 5.02. The first-order valence-electron chi connectivity index (χ1n) is 11.7. The molecule has 2 unspecified atom stereocenters. The molecule has 1 aliphatic carbocycles. The van der Waals surface area contributed by atoms with E-state index in [2.05, 4.69) is 38.4 Å². The number of piperidine rings is 1. The first-order chi connectivity index (χ1) is 16.5. The highest BCUT2D eigenvalue weighted by Gasteiger charge is 2.45. The molecule has 172 valence electrons. The summed E-state index contributed by atoms with van der Waals surface area (Å²) >= 11 is 0. The number of nitrogens with one attached hydrogen (secondary N) is 2. The van der Waals surface area contributed by atoms with E-state index in [0.717, 1.165) is 30.5 Å². The van der Waals surface area contributed by atoms with E-state index in [4.69, 9.17) is 10.2 Å². The number of benzene rings is 1. The molecule has 2 N–H and O–H groups in total. The molecule has 9 heteroatoms. The van der Waals surface area contributed by atoms with Gasteiger partial charge in [-0.3, -0.25) is 9.59 Å². The molecule has 9 nitrogen and oxygen atoms in total. The molecule has 3 aliphatic rings. The maximum absolute atomic E-state index is 13.0. The Morgan fingerprint density at radius 1 is 1.24 bits per heavy atom. The summed E-state index contributed by atoms with van der Waals surface area (Å²) in [5.41, 5.74) is 4.17. The van der Waals surface area contributed by atoms with Gasteiger partial charge in [-0.25, -0.2) is 9.97 Å². The summed E-state index contributed by atoms with van der Waals surface area (Å²) in [6.45, 7) is 4.71. The van der Waals surface area contributed by atoms with Gasteiger partial charge in [-0.2, -0.15) is 5.26 Å². The van der Waals surface area contributed by atoms with Gasteiger partial charge in [0.05, 0.1) is 29.4 Å².